The van der Waals surface area contributed by atoms with E-state index in [9.17, 15) is 4.39 Å². The summed E-state index contributed by atoms with van der Waals surface area (Å²) >= 11 is 0. The van der Waals surface area contributed by atoms with E-state index in [0.717, 1.165) is 30.6 Å². The fraction of sp³-hybridized carbons (Fsp3) is 0.600. The number of benzene rings is 1. The van der Waals surface area contributed by atoms with Crippen molar-refractivity contribution in [3.8, 4) is 5.75 Å². The average molecular weight is 253 g/mol. The maximum Gasteiger partial charge on any atom is 0.123 e. The first-order valence-electron chi connectivity index (χ1n) is 6.69. The summed E-state index contributed by atoms with van der Waals surface area (Å²) < 4.78 is 19.0. The molecule has 1 rings (SSSR count). The molecule has 0 fully saturated rings. The summed E-state index contributed by atoms with van der Waals surface area (Å²) in [5.74, 6) is 1.02. The summed E-state index contributed by atoms with van der Waals surface area (Å²) in [5.41, 5.74) is 6.73. The van der Waals surface area contributed by atoms with Crippen molar-refractivity contribution < 1.29 is 9.13 Å². The van der Waals surface area contributed by atoms with Crippen molar-refractivity contribution in [3.63, 3.8) is 0 Å². The molecule has 0 aromatic heterocycles. The number of halogens is 1. The molecule has 18 heavy (non-hydrogen) atoms. The van der Waals surface area contributed by atoms with Gasteiger partial charge in [0.25, 0.3) is 0 Å². The average Bonchev–Trinajstić information content (AvgIpc) is 2.26. The predicted molar refractivity (Wildman–Crippen MR) is 73.3 cm³/mol. The molecule has 0 amide bonds. The van der Waals surface area contributed by atoms with E-state index in [1.54, 1.807) is 12.1 Å². The lowest BCUT2D eigenvalue weighted by Gasteiger charge is -2.17. The third-order valence-corrected chi connectivity index (χ3v) is 2.83. The molecule has 1 aromatic rings. The topological polar surface area (TPSA) is 35.2 Å². The molecule has 0 saturated heterocycles. The van der Waals surface area contributed by atoms with Crippen LogP contribution in [0.15, 0.2) is 18.2 Å². The molecule has 2 atom stereocenters. The summed E-state index contributed by atoms with van der Waals surface area (Å²) in [6.07, 6.45) is 2.69. The van der Waals surface area contributed by atoms with Gasteiger partial charge in [0.15, 0.2) is 0 Å². The van der Waals surface area contributed by atoms with Crippen molar-refractivity contribution in [1.29, 1.82) is 0 Å². The van der Waals surface area contributed by atoms with Crippen LogP contribution in [0.4, 0.5) is 4.39 Å². The summed E-state index contributed by atoms with van der Waals surface area (Å²) in [6, 6.07) is 4.92. The molecule has 0 saturated carbocycles. The predicted octanol–water partition coefficient (Wildman–Crippen LogP) is 3.53. The second-order valence-electron chi connectivity index (χ2n) is 5.12. The van der Waals surface area contributed by atoms with E-state index in [0.29, 0.717) is 12.5 Å². The van der Waals surface area contributed by atoms with E-state index in [4.69, 9.17) is 10.5 Å². The Bertz CT molecular complexity index is 366. The number of nitrogens with two attached hydrogens (primary N) is 1. The molecular formula is C15H24FNO. The van der Waals surface area contributed by atoms with E-state index < -0.39 is 0 Å². The quantitative estimate of drug-likeness (QED) is 0.806. The smallest absolute Gasteiger partial charge is 0.123 e. The van der Waals surface area contributed by atoms with Crippen molar-refractivity contribution >= 4 is 0 Å². The van der Waals surface area contributed by atoms with Gasteiger partial charge in [-0.3, -0.25) is 0 Å². The Balaban J connectivity index is 2.74. The molecule has 0 spiro atoms. The minimum Gasteiger partial charge on any atom is -0.493 e. The zero-order valence-electron chi connectivity index (χ0n) is 11.6. The lowest BCUT2D eigenvalue weighted by Crippen LogP contribution is -2.19. The monoisotopic (exact) mass is 253 g/mol. The number of rotatable bonds is 7. The highest BCUT2D eigenvalue weighted by Crippen LogP contribution is 2.24. The van der Waals surface area contributed by atoms with Crippen LogP contribution in [0.1, 0.15) is 39.2 Å². The normalized spacial score (nSPS) is 14.3. The van der Waals surface area contributed by atoms with Gasteiger partial charge in [-0.05, 0) is 55.9 Å². The van der Waals surface area contributed by atoms with E-state index >= 15 is 0 Å². The highest BCUT2D eigenvalue weighted by molar-refractivity contribution is 5.34. The van der Waals surface area contributed by atoms with Gasteiger partial charge >= 0.3 is 0 Å². The second-order valence-corrected chi connectivity index (χ2v) is 5.12. The van der Waals surface area contributed by atoms with Crippen LogP contribution in [0.2, 0.25) is 0 Å². The van der Waals surface area contributed by atoms with Gasteiger partial charge in [-0.15, -0.1) is 0 Å². The van der Waals surface area contributed by atoms with Crippen LogP contribution >= 0.6 is 0 Å². The van der Waals surface area contributed by atoms with E-state index in [-0.39, 0.29) is 11.9 Å². The van der Waals surface area contributed by atoms with Gasteiger partial charge in [-0.25, -0.2) is 4.39 Å². The molecule has 0 heterocycles. The van der Waals surface area contributed by atoms with Crippen molar-refractivity contribution in [1.82, 2.24) is 0 Å². The Hall–Kier alpha value is -1.09. The van der Waals surface area contributed by atoms with Crippen LogP contribution < -0.4 is 10.5 Å². The van der Waals surface area contributed by atoms with Crippen molar-refractivity contribution in [2.75, 3.05) is 6.61 Å². The molecule has 2 nitrogen and oxygen atoms in total. The van der Waals surface area contributed by atoms with Crippen LogP contribution in [0.25, 0.3) is 0 Å². The van der Waals surface area contributed by atoms with Gasteiger partial charge in [0.05, 0.1) is 6.61 Å². The van der Waals surface area contributed by atoms with E-state index in [2.05, 4.69) is 13.8 Å². The molecule has 1 aromatic carbocycles. The maximum absolute atomic E-state index is 13.3. The van der Waals surface area contributed by atoms with Crippen LogP contribution in [0.3, 0.4) is 0 Å². The van der Waals surface area contributed by atoms with Crippen LogP contribution in [-0.4, -0.2) is 12.6 Å². The standard InChI is InChI=1S/C15H24FNO/c1-4-7-18-15-6-5-14(16)10-13(15)9-11(2)8-12(3)17/h5-6,10-12H,4,7-9,17H2,1-3H3. The van der Waals surface area contributed by atoms with Crippen LogP contribution in [0, 0.1) is 11.7 Å². The second kappa shape index (κ2) is 7.37. The van der Waals surface area contributed by atoms with Crippen molar-refractivity contribution in [3.05, 3.63) is 29.6 Å². The lowest BCUT2D eigenvalue weighted by atomic mass is 9.94. The molecule has 0 aliphatic rings. The summed E-state index contributed by atoms with van der Waals surface area (Å²) in [5, 5.41) is 0. The zero-order chi connectivity index (χ0) is 13.5. The van der Waals surface area contributed by atoms with Gasteiger partial charge in [-0.2, -0.15) is 0 Å². The first-order chi connectivity index (χ1) is 8.52. The Morgan fingerprint density at radius 3 is 2.67 bits per heavy atom. The molecule has 0 bridgehead atoms. The third-order valence-electron chi connectivity index (χ3n) is 2.83. The van der Waals surface area contributed by atoms with Gasteiger partial charge < -0.3 is 10.5 Å². The zero-order valence-corrected chi connectivity index (χ0v) is 11.6. The first-order valence-corrected chi connectivity index (χ1v) is 6.69. The summed E-state index contributed by atoms with van der Waals surface area (Å²) in [4.78, 5) is 0. The van der Waals surface area contributed by atoms with Crippen molar-refractivity contribution in [2.45, 2.75) is 46.1 Å². The van der Waals surface area contributed by atoms with Gasteiger partial charge in [0.1, 0.15) is 11.6 Å². The molecule has 3 heteroatoms. The number of ether oxygens (including phenoxy) is 1. The maximum atomic E-state index is 13.3. The highest BCUT2D eigenvalue weighted by atomic mass is 19.1. The lowest BCUT2D eigenvalue weighted by molar-refractivity contribution is 0.311. The molecule has 2 unspecified atom stereocenters. The third kappa shape index (κ3) is 5.05. The number of hydrogen-bond donors (Lipinski definition) is 1. The SMILES string of the molecule is CCCOc1ccc(F)cc1CC(C)CC(C)N. The molecule has 0 aliphatic heterocycles. The Labute approximate surface area is 109 Å². The van der Waals surface area contributed by atoms with Gasteiger partial charge in [0.2, 0.25) is 0 Å². The minimum absolute atomic E-state index is 0.175. The number of hydrogen-bond acceptors (Lipinski definition) is 2. The fourth-order valence-electron chi connectivity index (χ4n) is 2.15. The Morgan fingerprint density at radius 2 is 2.06 bits per heavy atom. The molecule has 2 N–H and O–H groups in total. The fourth-order valence-corrected chi connectivity index (χ4v) is 2.15. The van der Waals surface area contributed by atoms with Crippen molar-refractivity contribution in [2.24, 2.45) is 11.7 Å². The van der Waals surface area contributed by atoms with E-state index in [1.807, 2.05) is 6.92 Å². The van der Waals surface area contributed by atoms with E-state index in [1.165, 1.54) is 6.07 Å². The van der Waals surface area contributed by atoms with Gasteiger partial charge in [-0.1, -0.05) is 13.8 Å². The minimum atomic E-state index is -0.207. The Kier molecular flexibility index (Phi) is 6.13. The van der Waals surface area contributed by atoms with Crippen LogP contribution in [-0.2, 0) is 6.42 Å². The largest absolute Gasteiger partial charge is 0.493 e. The molecule has 0 radical (unpaired) electrons. The summed E-state index contributed by atoms with van der Waals surface area (Å²) in [7, 11) is 0. The summed E-state index contributed by atoms with van der Waals surface area (Å²) in [6.45, 7) is 6.86. The Morgan fingerprint density at radius 1 is 1.33 bits per heavy atom. The highest BCUT2D eigenvalue weighted by Gasteiger charge is 2.11. The van der Waals surface area contributed by atoms with Gasteiger partial charge in [0, 0.05) is 6.04 Å². The molecular weight excluding hydrogens is 229 g/mol. The molecule has 0 aliphatic carbocycles. The first kappa shape index (κ1) is 15.0. The molecule has 102 valence electrons. The van der Waals surface area contributed by atoms with Crippen LogP contribution in [0.5, 0.6) is 5.75 Å².